The van der Waals surface area contributed by atoms with Gasteiger partial charge in [-0.1, -0.05) is 13.8 Å². The normalized spacial score (nSPS) is 11.5. The molecule has 2 rings (SSSR count). The predicted octanol–water partition coefficient (Wildman–Crippen LogP) is 1.88. The summed E-state index contributed by atoms with van der Waals surface area (Å²) in [7, 11) is 0. The SMILES string of the molecule is CC(C)Cc1nc2nccc(CN)c2o1. The van der Waals surface area contributed by atoms with Gasteiger partial charge in [-0.2, -0.15) is 4.98 Å². The van der Waals surface area contributed by atoms with Crippen molar-refractivity contribution in [2.75, 3.05) is 0 Å². The summed E-state index contributed by atoms with van der Waals surface area (Å²) in [5.74, 6) is 1.27. The van der Waals surface area contributed by atoms with E-state index in [0.717, 1.165) is 23.5 Å². The number of hydrogen-bond donors (Lipinski definition) is 1. The molecular weight excluding hydrogens is 190 g/mol. The number of pyridine rings is 1. The third kappa shape index (κ3) is 1.99. The second-order valence-electron chi connectivity index (χ2n) is 4.03. The van der Waals surface area contributed by atoms with Crippen molar-refractivity contribution in [3.8, 4) is 0 Å². The highest BCUT2D eigenvalue weighted by atomic mass is 16.3. The monoisotopic (exact) mass is 205 g/mol. The van der Waals surface area contributed by atoms with E-state index < -0.39 is 0 Å². The lowest BCUT2D eigenvalue weighted by atomic mass is 10.1. The minimum Gasteiger partial charge on any atom is -0.439 e. The molecule has 2 aromatic rings. The Bertz CT molecular complexity index is 462. The predicted molar refractivity (Wildman–Crippen MR) is 58.2 cm³/mol. The van der Waals surface area contributed by atoms with Gasteiger partial charge in [0.2, 0.25) is 0 Å². The average molecular weight is 205 g/mol. The van der Waals surface area contributed by atoms with Crippen LogP contribution in [0.5, 0.6) is 0 Å². The van der Waals surface area contributed by atoms with Crippen molar-refractivity contribution in [2.24, 2.45) is 11.7 Å². The molecular formula is C11H15N3O. The Balaban J connectivity index is 2.45. The van der Waals surface area contributed by atoms with Gasteiger partial charge in [-0.25, -0.2) is 4.98 Å². The Labute approximate surface area is 88.5 Å². The quantitative estimate of drug-likeness (QED) is 0.830. The summed E-state index contributed by atoms with van der Waals surface area (Å²) in [4.78, 5) is 8.49. The third-order valence-corrected chi connectivity index (χ3v) is 2.22. The van der Waals surface area contributed by atoms with Crippen LogP contribution < -0.4 is 5.73 Å². The maximum Gasteiger partial charge on any atom is 0.199 e. The Morgan fingerprint density at radius 3 is 2.93 bits per heavy atom. The zero-order valence-electron chi connectivity index (χ0n) is 9.03. The number of fused-ring (bicyclic) bond motifs is 1. The molecule has 0 aliphatic rings. The van der Waals surface area contributed by atoms with E-state index in [0.29, 0.717) is 18.1 Å². The lowest BCUT2D eigenvalue weighted by Crippen LogP contribution is -1.96. The fourth-order valence-corrected chi connectivity index (χ4v) is 1.52. The van der Waals surface area contributed by atoms with Crippen molar-refractivity contribution in [3.63, 3.8) is 0 Å². The highest BCUT2D eigenvalue weighted by Crippen LogP contribution is 2.19. The Morgan fingerprint density at radius 2 is 2.27 bits per heavy atom. The molecule has 4 nitrogen and oxygen atoms in total. The second kappa shape index (κ2) is 3.98. The van der Waals surface area contributed by atoms with Crippen LogP contribution in [0.25, 0.3) is 11.2 Å². The molecule has 0 radical (unpaired) electrons. The molecule has 2 heterocycles. The van der Waals surface area contributed by atoms with E-state index in [9.17, 15) is 0 Å². The summed E-state index contributed by atoms with van der Waals surface area (Å²) >= 11 is 0. The first-order valence-electron chi connectivity index (χ1n) is 5.14. The molecule has 0 amide bonds. The third-order valence-electron chi connectivity index (χ3n) is 2.22. The standard InChI is InChI=1S/C11H15N3O/c1-7(2)5-9-14-11-10(15-9)8(6-12)3-4-13-11/h3-4,7H,5-6,12H2,1-2H3. The molecule has 15 heavy (non-hydrogen) atoms. The molecule has 0 saturated carbocycles. The van der Waals surface area contributed by atoms with Gasteiger partial charge < -0.3 is 10.2 Å². The van der Waals surface area contributed by atoms with E-state index in [4.69, 9.17) is 10.2 Å². The topological polar surface area (TPSA) is 64.9 Å². The van der Waals surface area contributed by atoms with Crippen LogP contribution in [-0.4, -0.2) is 9.97 Å². The number of aromatic nitrogens is 2. The van der Waals surface area contributed by atoms with E-state index in [2.05, 4.69) is 23.8 Å². The number of rotatable bonds is 3. The molecule has 0 bridgehead atoms. The first-order valence-corrected chi connectivity index (χ1v) is 5.14. The summed E-state index contributed by atoms with van der Waals surface area (Å²) in [6.07, 6.45) is 2.55. The fourth-order valence-electron chi connectivity index (χ4n) is 1.52. The average Bonchev–Trinajstić information content (AvgIpc) is 2.58. The number of nitrogens with zero attached hydrogens (tertiary/aromatic N) is 2. The summed E-state index contributed by atoms with van der Waals surface area (Å²) in [5.41, 5.74) is 7.96. The summed E-state index contributed by atoms with van der Waals surface area (Å²) in [6.45, 7) is 4.72. The van der Waals surface area contributed by atoms with Gasteiger partial charge in [0.25, 0.3) is 0 Å². The van der Waals surface area contributed by atoms with Crippen LogP contribution >= 0.6 is 0 Å². The number of nitrogens with two attached hydrogens (primary N) is 1. The van der Waals surface area contributed by atoms with Crippen molar-refractivity contribution in [2.45, 2.75) is 26.8 Å². The van der Waals surface area contributed by atoms with E-state index in [-0.39, 0.29) is 0 Å². The van der Waals surface area contributed by atoms with Crippen molar-refractivity contribution in [1.82, 2.24) is 9.97 Å². The van der Waals surface area contributed by atoms with Crippen LogP contribution in [0, 0.1) is 5.92 Å². The van der Waals surface area contributed by atoms with Crippen LogP contribution in [0.3, 0.4) is 0 Å². The lowest BCUT2D eigenvalue weighted by molar-refractivity contribution is 0.480. The summed E-state index contributed by atoms with van der Waals surface area (Å²) in [6, 6.07) is 1.87. The molecule has 0 unspecified atom stereocenters. The molecule has 0 fully saturated rings. The van der Waals surface area contributed by atoms with Crippen LogP contribution in [0.1, 0.15) is 25.3 Å². The first-order chi connectivity index (χ1) is 7.20. The molecule has 2 N–H and O–H groups in total. The van der Waals surface area contributed by atoms with Gasteiger partial charge >= 0.3 is 0 Å². The molecule has 2 aromatic heterocycles. The molecule has 0 saturated heterocycles. The van der Waals surface area contributed by atoms with Crippen LogP contribution in [0.2, 0.25) is 0 Å². The smallest absolute Gasteiger partial charge is 0.199 e. The second-order valence-corrected chi connectivity index (χ2v) is 4.03. The van der Waals surface area contributed by atoms with Gasteiger partial charge in [0.05, 0.1) is 0 Å². The first kappa shape index (κ1) is 10.1. The van der Waals surface area contributed by atoms with Gasteiger partial charge in [-0.05, 0) is 12.0 Å². The Morgan fingerprint density at radius 1 is 1.47 bits per heavy atom. The van der Waals surface area contributed by atoms with Crippen LogP contribution in [0.4, 0.5) is 0 Å². The molecule has 0 aliphatic heterocycles. The Hall–Kier alpha value is -1.42. The van der Waals surface area contributed by atoms with E-state index in [1.807, 2.05) is 6.07 Å². The highest BCUT2D eigenvalue weighted by molar-refractivity contribution is 5.71. The van der Waals surface area contributed by atoms with Crippen LogP contribution in [0.15, 0.2) is 16.7 Å². The van der Waals surface area contributed by atoms with Gasteiger partial charge in [0, 0.05) is 24.7 Å². The van der Waals surface area contributed by atoms with Gasteiger partial charge in [0.1, 0.15) is 0 Å². The number of oxazole rings is 1. The molecule has 0 spiro atoms. The maximum absolute atomic E-state index is 5.65. The maximum atomic E-state index is 5.65. The molecule has 4 heteroatoms. The van der Waals surface area contributed by atoms with Crippen molar-refractivity contribution in [3.05, 3.63) is 23.7 Å². The van der Waals surface area contributed by atoms with Crippen LogP contribution in [-0.2, 0) is 13.0 Å². The lowest BCUT2D eigenvalue weighted by Gasteiger charge is -1.97. The number of hydrogen-bond acceptors (Lipinski definition) is 4. The van der Waals surface area contributed by atoms with Gasteiger partial charge in [-0.3, -0.25) is 0 Å². The minimum atomic E-state index is 0.454. The van der Waals surface area contributed by atoms with E-state index >= 15 is 0 Å². The zero-order valence-corrected chi connectivity index (χ0v) is 9.03. The van der Waals surface area contributed by atoms with E-state index in [1.54, 1.807) is 6.20 Å². The fraction of sp³-hybridized carbons (Fsp3) is 0.455. The highest BCUT2D eigenvalue weighted by Gasteiger charge is 2.10. The molecule has 80 valence electrons. The summed E-state index contributed by atoms with van der Waals surface area (Å²) in [5, 5.41) is 0. The van der Waals surface area contributed by atoms with Crippen molar-refractivity contribution in [1.29, 1.82) is 0 Å². The van der Waals surface area contributed by atoms with Gasteiger partial charge in [-0.15, -0.1) is 0 Å². The largest absolute Gasteiger partial charge is 0.439 e. The zero-order chi connectivity index (χ0) is 10.8. The van der Waals surface area contributed by atoms with Crippen molar-refractivity contribution >= 4 is 11.2 Å². The van der Waals surface area contributed by atoms with Gasteiger partial charge in [0.15, 0.2) is 17.1 Å². The summed E-state index contributed by atoms with van der Waals surface area (Å²) < 4.78 is 5.65. The van der Waals surface area contributed by atoms with Crippen molar-refractivity contribution < 1.29 is 4.42 Å². The molecule has 0 atom stereocenters. The molecule has 0 aromatic carbocycles. The molecule has 0 aliphatic carbocycles. The Kier molecular flexibility index (Phi) is 2.68. The van der Waals surface area contributed by atoms with E-state index in [1.165, 1.54) is 0 Å². The minimum absolute atomic E-state index is 0.454.